The Labute approximate surface area is 161 Å². The number of halogens is 1. The normalized spacial score (nSPS) is 11.9. The van der Waals surface area contributed by atoms with Gasteiger partial charge in [0, 0.05) is 0 Å². The monoisotopic (exact) mass is 385 g/mol. The molecular weight excluding hydrogens is 365 g/mol. The summed E-state index contributed by atoms with van der Waals surface area (Å²) in [5, 5.41) is 11.0. The minimum absolute atomic E-state index is 0.0269. The minimum Gasteiger partial charge on any atom is -0.411 e. The highest BCUT2D eigenvalue weighted by molar-refractivity contribution is 7.99. The summed E-state index contributed by atoms with van der Waals surface area (Å²) in [5.74, 6) is -0.302. The van der Waals surface area contributed by atoms with Crippen LogP contribution < -0.4 is 5.32 Å². The number of nitrogens with zero attached hydrogens (tertiary/aromatic N) is 2. The van der Waals surface area contributed by atoms with E-state index in [4.69, 9.17) is 4.42 Å². The molecule has 0 radical (unpaired) electrons. The van der Waals surface area contributed by atoms with Crippen LogP contribution in [0.1, 0.15) is 31.4 Å². The van der Waals surface area contributed by atoms with Gasteiger partial charge < -0.3 is 9.73 Å². The SMILES string of the molecule is CCC[C@H](NC(=O)CSc1nnc(-c2ccccc2F)o1)c1ccccc1. The van der Waals surface area contributed by atoms with Crippen molar-refractivity contribution in [2.75, 3.05) is 5.75 Å². The summed E-state index contributed by atoms with van der Waals surface area (Å²) in [7, 11) is 0. The second kappa shape index (κ2) is 9.32. The van der Waals surface area contributed by atoms with Crippen LogP contribution >= 0.6 is 11.8 Å². The molecule has 1 N–H and O–H groups in total. The van der Waals surface area contributed by atoms with Crippen LogP contribution in [0.5, 0.6) is 0 Å². The topological polar surface area (TPSA) is 68.0 Å². The molecule has 140 valence electrons. The fourth-order valence-corrected chi connectivity index (χ4v) is 3.25. The molecule has 27 heavy (non-hydrogen) atoms. The molecule has 1 atom stereocenters. The first kappa shape index (κ1) is 19.1. The van der Waals surface area contributed by atoms with Gasteiger partial charge in [-0.3, -0.25) is 4.79 Å². The van der Waals surface area contributed by atoms with E-state index in [1.807, 2.05) is 30.3 Å². The molecule has 5 nitrogen and oxygen atoms in total. The minimum atomic E-state index is -0.430. The molecule has 1 aromatic heterocycles. The molecule has 0 bridgehead atoms. The number of amides is 1. The maximum atomic E-state index is 13.8. The molecule has 2 aromatic carbocycles. The van der Waals surface area contributed by atoms with Gasteiger partial charge in [0.25, 0.3) is 11.1 Å². The van der Waals surface area contributed by atoms with Crippen molar-refractivity contribution >= 4 is 17.7 Å². The summed E-state index contributed by atoms with van der Waals surface area (Å²) in [6.07, 6.45) is 1.82. The van der Waals surface area contributed by atoms with Crippen molar-refractivity contribution in [3.63, 3.8) is 0 Å². The molecule has 0 spiro atoms. The van der Waals surface area contributed by atoms with Gasteiger partial charge in [0.2, 0.25) is 5.91 Å². The zero-order valence-corrected chi connectivity index (χ0v) is 15.7. The van der Waals surface area contributed by atoms with Crippen molar-refractivity contribution in [2.45, 2.75) is 31.0 Å². The van der Waals surface area contributed by atoms with Crippen LogP contribution in [0.3, 0.4) is 0 Å². The highest BCUT2D eigenvalue weighted by Gasteiger charge is 2.16. The molecule has 0 aliphatic heterocycles. The van der Waals surface area contributed by atoms with E-state index >= 15 is 0 Å². The summed E-state index contributed by atoms with van der Waals surface area (Å²) < 4.78 is 19.2. The number of carbonyl (C=O) groups is 1. The van der Waals surface area contributed by atoms with Gasteiger partial charge >= 0.3 is 0 Å². The van der Waals surface area contributed by atoms with Crippen LogP contribution in [0.2, 0.25) is 0 Å². The quantitative estimate of drug-likeness (QED) is 0.573. The maximum absolute atomic E-state index is 13.8. The molecule has 1 amide bonds. The van der Waals surface area contributed by atoms with E-state index in [-0.39, 0.29) is 34.4 Å². The highest BCUT2D eigenvalue weighted by Crippen LogP contribution is 2.25. The first-order valence-electron chi connectivity index (χ1n) is 8.73. The summed E-state index contributed by atoms with van der Waals surface area (Å²) >= 11 is 1.13. The van der Waals surface area contributed by atoms with Crippen LogP contribution in [0.25, 0.3) is 11.5 Å². The molecule has 0 fully saturated rings. The predicted molar refractivity (Wildman–Crippen MR) is 103 cm³/mol. The zero-order valence-electron chi connectivity index (χ0n) is 14.9. The Kier molecular flexibility index (Phi) is 6.59. The zero-order chi connectivity index (χ0) is 19.1. The standard InChI is InChI=1S/C20H20FN3O2S/c1-2-8-17(14-9-4-3-5-10-14)22-18(25)13-27-20-24-23-19(26-20)15-11-6-7-12-16(15)21/h3-7,9-12,17H,2,8,13H2,1H3,(H,22,25)/t17-/m0/s1. The third kappa shape index (κ3) is 5.17. The Morgan fingerprint density at radius 1 is 1.15 bits per heavy atom. The van der Waals surface area contributed by atoms with Crippen molar-refractivity contribution in [1.82, 2.24) is 15.5 Å². The number of rotatable bonds is 8. The first-order chi connectivity index (χ1) is 13.2. The second-order valence-corrected chi connectivity index (χ2v) is 6.89. The van der Waals surface area contributed by atoms with Crippen LogP contribution in [-0.2, 0) is 4.79 Å². The summed E-state index contributed by atoms with van der Waals surface area (Å²) in [6.45, 7) is 2.08. The number of hydrogen-bond acceptors (Lipinski definition) is 5. The number of thioether (sulfide) groups is 1. The summed E-state index contributed by atoms with van der Waals surface area (Å²) in [5.41, 5.74) is 1.32. The van der Waals surface area contributed by atoms with E-state index in [0.29, 0.717) is 0 Å². The van der Waals surface area contributed by atoms with E-state index in [2.05, 4.69) is 22.4 Å². The van der Waals surface area contributed by atoms with Gasteiger partial charge in [-0.1, -0.05) is 67.6 Å². The number of aromatic nitrogens is 2. The molecule has 3 rings (SSSR count). The Bertz CT molecular complexity index is 886. The molecule has 0 aliphatic carbocycles. The third-order valence-electron chi connectivity index (χ3n) is 3.95. The number of benzene rings is 2. The van der Waals surface area contributed by atoms with Gasteiger partial charge in [0.05, 0.1) is 17.4 Å². The fourth-order valence-electron chi connectivity index (χ4n) is 2.67. The summed E-state index contributed by atoms with van der Waals surface area (Å²) in [6, 6.07) is 16.0. The van der Waals surface area contributed by atoms with Gasteiger partial charge in [0.1, 0.15) is 5.82 Å². The van der Waals surface area contributed by atoms with Crippen LogP contribution in [-0.4, -0.2) is 21.9 Å². The van der Waals surface area contributed by atoms with E-state index in [9.17, 15) is 9.18 Å². The molecule has 3 aromatic rings. The lowest BCUT2D eigenvalue weighted by Gasteiger charge is -2.18. The van der Waals surface area contributed by atoms with Crippen molar-refractivity contribution in [3.8, 4) is 11.5 Å². The van der Waals surface area contributed by atoms with Gasteiger partial charge in [-0.15, -0.1) is 10.2 Å². The highest BCUT2D eigenvalue weighted by atomic mass is 32.2. The van der Waals surface area contributed by atoms with Crippen LogP contribution in [0.15, 0.2) is 64.2 Å². The average molecular weight is 385 g/mol. The Hall–Kier alpha value is -2.67. The van der Waals surface area contributed by atoms with E-state index in [1.54, 1.807) is 18.2 Å². The molecular formula is C20H20FN3O2S. The molecule has 7 heteroatoms. The van der Waals surface area contributed by atoms with E-state index in [1.165, 1.54) is 6.07 Å². The molecule has 0 aliphatic rings. The molecule has 0 saturated heterocycles. The van der Waals surface area contributed by atoms with E-state index in [0.717, 1.165) is 30.2 Å². The third-order valence-corrected chi connectivity index (χ3v) is 4.77. The number of hydrogen-bond donors (Lipinski definition) is 1. The smallest absolute Gasteiger partial charge is 0.277 e. The average Bonchev–Trinajstić information content (AvgIpc) is 3.16. The first-order valence-corrected chi connectivity index (χ1v) is 9.71. The Balaban J connectivity index is 1.58. The lowest BCUT2D eigenvalue weighted by molar-refractivity contribution is -0.119. The Morgan fingerprint density at radius 2 is 1.89 bits per heavy atom. The maximum Gasteiger partial charge on any atom is 0.277 e. The number of nitrogens with one attached hydrogen (secondary N) is 1. The largest absolute Gasteiger partial charge is 0.411 e. The van der Waals surface area contributed by atoms with Crippen LogP contribution in [0.4, 0.5) is 4.39 Å². The predicted octanol–water partition coefficient (Wildman–Crippen LogP) is 4.63. The van der Waals surface area contributed by atoms with Crippen LogP contribution in [0, 0.1) is 5.82 Å². The second-order valence-electron chi connectivity index (χ2n) is 5.96. The molecule has 0 saturated carbocycles. The van der Waals surface area contributed by atoms with Gasteiger partial charge in [-0.05, 0) is 24.1 Å². The number of carbonyl (C=O) groups excluding carboxylic acids is 1. The van der Waals surface area contributed by atoms with Crippen molar-refractivity contribution < 1.29 is 13.6 Å². The lowest BCUT2D eigenvalue weighted by Crippen LogP contribution is -2.29. The van der Waals surface area contributed by atoms with Crippen molar-refractivity contribution in [3.05, 3.63) is 66.0 Å². The molecule has 1 heterocycles. The van der Waals surface area contributed by atoms with Gasteiger partial charge in [-0.25, -0.2) is 4.39 Å². The lowest BCUT2D eigenvalue weighted by atomic mass is 10.0. The summed E-state index contributed by atoms with van der Waals surface area (Å²) in [4.78, 5) is 12.3. The Morgan fingerprint density at radius 3 is 2.63 bits per heavy atom. The van der Waals surface area contributed by atoms with Crippen molar-refractivity contribution in [2.24, 2.45) is 0 Å². The fraction of sp³-hybridized carbons (Fsp3) is 0.250. The van der Waals surface area contributed by atoms with Gasteiger partial charge in [-0.2, -0.15) is 0 Å². The van der Waals surface area contributed by atoms with Crippen molar-refractivity contribution in [1.29, 1.82) is 0 Å². The van der Waals surface area contributed by atoms with Gasteiger partial charge in [0.15, 0.2) is 0 Å². The van der Waals surface area contributed by atoms with E-state index < -0.39 is 5.82 Å². The molecule has 0 unspecified atom stereocenters.